The first-order chi connectivity index (χ1) is 6.18. The predicted molar refractivity (Wildman–Crippen MR) is 43.4 cm³/mol. The van der Waals surface area contributed by atoms with Crippen LogP contribution < -0.4 is 0 Å². The van der Waals surface area contributed by atoms with Gasteiger partial charge in [-0.2, -0.15) is 0 Å². The number of rotatable bonds is 3. The van der Waals surface area contributed by atoms with E-state index in [1.54, 1.807) is 11.5 Å². The monoisotopic (exact) mass is 183 g/mol. The van der Waals surface area contributed by atoms with Crippen LogP contribution in [0.15, 0.2) is 6.20 Å². The van der Waals surface area contributed by atoms with Crippen molar-refractivity contribution >= 4 is 5.82 Å². The van der Waals surface area contributed by atoms with Crippen molar-refractivity contribution in [2.75, 3.05) is 6.61 Å². The molecule has 0 N–H and O–H groups in total. The number of imidazole rings is 1. The first-order valence-electron chi connectivity index (χ1n) is 3.96. The van der Waals surface area contributed by atoms with Gasteiger partial charge in [-0.25, -0.2) is 9.55 Å². The zero-order valence-electron chi connectivity index (χ0n) is 7.14. The van der Waals surface area contributed by atoms with Crippen molar-refractivity contribution in [2.45, 2.75) is 19.6 Å². The maximum atomic E-state index is 10.5. The molecular formula is C7H9N3O3. The predicted octanol–water partition coefficient (Wildman–Crippen LogP) is 0.499. The SMILES string of the molecule is Cc1ncc([N+](=O)[O-])n1CC1CO1. The third-order valence-corrected chi connectivity index (χ3v) is 2.01. The second kappa shape index (κ2) is 2.81. The summed E-state index contributed by atoms with van der Waals surface area (Å²) in [5, 5.41) is 10.5. The first-order valence-corrected chi connectivity index (χ1v) is 3.96. The average Bonchev–Trinajstić information content (AvgIpc) is 2.78. The van der Waals surface area contributed by atoms with Crippen LogP contribution >= 0.6 is 0 Å². The molecule has 1 atom stereocenters. The van der Waals surface area contributed by atoms with E-state index in [-0.39, 0.29) is 11.9 Å². The van der Waals surface area contributed by atoms with Crippen molar-refractivity contribution < 1.29 is 9.66 Å². The third kappa shape index (κ3) is 1.52. The van der Waals surface area contributed by atoms with Crippen molar-refractivity contribution in [3.63, 3.8) is 0 Å². The van der Waals surface area contributed by atoms with Crippen LogP contribution in [-0.2, 0) is 11.3 Å². The molecule has 0 amide bonds. The number of hydrogen-bond donors (Lipinski definition) is 0. The Morgan fingerprint density at radius 3 is 3.15 bits per heavy atom. The van der Waals surface area contributed by atoms with Gasteiger partial charge in [0.05, 0.1) is 6.61 Å². The smallest absolute Gasteiger partial charge is 0.342 e. The maximum Gasteiger partial charge on any atom is 0.342 e. The number of nitrogens with zero attached hydrogens (tertiary/aromatic N) is 3. The molecule has 0 saturated carbocycles. The van der Waals surface area contributed by atoms with E-state index in [2.05, 4.69) is 4.98 Å². The average molecular weight is 183 g/mol. The lowest BCUT2D eigenvalue weighted by molar-refractivity contribution is -0.392. The van der Waals surface area contributed by atoms with Gasteiger partial charge in [-0.1, -0.05) is 0 Å². The fourth-order valence-corrected chi connectivity index (χ4v) is 1.20. The Hall–Kier alpha value is -1.43. The molecule has 6 heteroatoms. The summed E-state index contributed by atoms with van der Waals surface area (Å²) in [6.45, 7) is 2.96. The fraction of sp³-hybridized carbons (Fsp3) is 0.571. The molecule has 0 radical (unpaired) electrons. The van der Waals surface area contributed by atoms with E-state index >= 15 is 0 Å². The van der Waals surface area contributed by atoms with Gasteiger partial charge in [0, 0.05) is 6.92 Å². The van der Waals surface area contributed by atoms with Crippen molar-refractivity contribution in [1.82, 2.24) is 9.55 Å². The minimum absolute atomic E-state index is 0.0352. The van der Waals surface area contributed by atoms with E-state index in [0.717, 1.165) is 0 Å². The third-order valence-electron chi connectivity index (χ3n) is 2.01. The van der Waals surface area contributed by atoms with E-state index in [0.29, 0.717) is 19.0 Å². The lowest BCUT2D eigenvalue weighted by Gasteiger charge is -1.98. The quantitative estimate of drug-likeness (QED) is 0.388. The molecule has 1 unspecified atom stereocenters. The number of epoxide rings is 1. The van der Waals surface area contributed by atoms with Crippen LogP contribution in [0.5, 0.6) is 0 Å². The van der Waals surface area contributed by atoms with Crippen LogP contribution in [0.1, 0.15) is 5.82 Å². The summed E-state index contributed by atoms with van der Waals surface area (Å²) in [4.78, 5) is 14.0. The molecule has 70 valence electrons. The van der Waals surface area contributed by atoms with Crippen LogP contribution in [0.3, 0.4) is 0 Å². The molecule has 2 rings (SSSR count). The van der Waals surface area contributed by atoms with Crippen molar-refractivity contribution in [3.05, 3.63) is 22.1 Å². The molecule has 1 aliphatic heterocycles. The van der Waals surface area contributed by atoms with Crippen LogP contribution in [0.25, 0.3) is 0 Å². The fourth-order valence-electron chi connectivity index (χ4n) is 1.20. The molecule has 0 spiro atoms. The Morgan fingerprint density at radius 2 is 2.62 bits per heavy atom. The molecule has 6 nitrogen and oxygen atoms in total. The Morgan fingerprint density at radius 1 is 1.92 bits per heavy atom. The van der Waals surface area contributed by atoms with Gasteiger partial charge in [0.2, 0.25) is 0 Å². The van der Waals surface area contributed by atoms with Gasteiger partial charge in [-0.3, -0.25) is 0 Å². The van der Waals surface area contributed by atoms with Gasteiger partial charge in [0.15, 0.2) is 5.82 Å². The van der Waals surface area contributed by atoms with Crippen LogP contribution in [-0.4, -0.2) is 27.2 Å². The molecule has 1 aromatic rings. The molecule has 1 aromatic heterocycles. The molecule has 1 aliphatic rings. The lowest BCUT2D eigenvalue weighted by atomic mass is 10.4. The van der Waals surface area contributed by atoms with Gasteiger partial charge < -0.3 is 14.9 Å². The Kier molecular flexibility index (Phi) is 1.77. The molecule has 1 saturated heterocycles. The summed E-state index contributed by atoms with van der Waals surface area (Å²) in [7, 11) is 0. The summed E-state index contributed by atoms with van der Waals surface area (Å²) in [6.07, 6.45) is 1.41. The standard InChI is InChI=1S/C7H9N3O3/c1-5-8-2-7(10(11)12)9(5)3-6-4-13-6/h2,6H,3-4H2,1H3. The van der Waals surface area contributed by atoms with Crippen LogP contribution in [0.2, 0.25) is 0 Å². The van der Waals surface area contributed by atoms with Crippen molar-refractivity contribution in [1.29, 1.82) is 0 Å². The molecule has 0 bridgehead atoms. The molecule has 0 aliphatic carbocycles. The second-order valence-electron chi connectivity index (χ2n) is 2.99. The zero-order chi connectivity index (χ0) is 9.42. The highest BCUT2D eigenvalue weighted by molar-refractivity contribution is 5.19. The number of hydrogen-bond acceptors (Lipinski definition) is 4. The van der Waals surface area contributed by atoms with Gasteiger partial charge in [-0.05, 0) is 4.92 Å². The zero-order valence-corrected chi connectivity index (χ0v) is 7.14. The normalized spacial score (nSPS) is 20.2. The van der Waals surface area contributed by atoms with Gasteiger partial charge in [-0.15, -0.1) is 0 Å². The summed E-state index contributed by atoms with van der Waals surface area (Å²) in [6, 6.07) is 0. The highest BCUT2D eigenvalue weighted by atomic mass is 16.6. The number of ether oxygens (including phenoxy) is 1. The van der Waals surface area contributed by atoms with Gasteiger partial charge in [0.25, 0.3) is 0 Å². The minimum Gasteiger partial charge on any atom is -0.369 e. The van der Waals surface area contributed by atoms with Gasteiger partial charge in [0.1, 0.15) is 18.8 Å². The molecule has 1 fully saturated rings. The summed E-state index contributed by atoms with van der Waals surface area (Å²) in [5.74, 6) is 0.690. The van der Waals surface area contributed by atoms with Crippen LogP contribution in [0, 0.1) is 17.0 Å². The molecule has 2 heterocycles. The lowest BCUT2D eigenvalue weighted by Crippen LogP contribution is -2.09. The summed E-state index contributed by atoms with van der Waals surface area (Å²) < 4.78 is 6.57. The van der Waals surface area contributed by atoms with E-state index in [1.807, 2.05) is 0 Å². The molecule has 0 aromatic carbocycles. The second-order valence-corrected chi connectivity index (χ2v) is 2.99. The highest BCUT2D eigenvalue weighted by Gasteiger charge is 2.29. The summed E-state index contributed by atoms with van der Waals surface area (Å²) >= 11 is 0. The minimum atomic E-state index is -0.428. The number of nitro groups is 1. The number of aryl methyl sites for hydroxylation is 1. The Bertz CT molecular complexity index is 343. The maximum absolute atomic E-state index is 10.5. The Balaban J connectivity index is 2.27. The molecule has 13 heavy (non-hydrogen) atoms. The number of aromatic nitrogens is 2. The van der Waals surface area contributed by atoms with Crippen LogP contribution in [0.4, 0.5) is 5.82 Å². The van der Waals surface area contributed by atoms with Crippen molar-refractivity contribution in [3.8, 4) is 0 Å². The van der Waals surface area contributed by atoms with Crippen molar-refractivity contribution in [2.24, 2.45) is 0 Å². The van der Waals surface area contributed by atoms with Gasteiger partial charge >= 0.3 is 5.82 Å². The van der Waals surface area contributed by atoms with E-state index in [4.69, 9.17) is 4.74 Å². The first kappa shape index (κ1) is 8.18. The largest absolute Gasteiger partial charge is 0.369 e. The topological polar surface area (TPSA) is 73.5 Å². The van der Waals surface area contributed by atoms with E-state index in [9.17, 15) is 10.1 Å². The van der Waals surface area contributed by atoms with E-state index < -0.39 is 4.92 Å². The summed E-state index contributed by atoms with van der Waals surface area (Å²) in [5.41, 5.74) is 0. The molecular weight excluding hydrogens is 174 g/mol. The highest BCUT2D eigenvalue weighted by Crippen LogP contribution is 2.19. The van der Waals surface area contributed by atoms with E-state index in [1.165, 1.54) is 6.20 Å². The Labute approximate surface area is 74.3 Å².